The van der Waals surface area contributed by atoms with Crippen LogP contribution in [0.5, 0.6) is 57.5 Å². The maximum absolute atomic E-state index is 13.3. The van der Waals surface area contributed by atoms with Gasteiger partial charge >= 0.3 is 83.7 Å². The van der Waals surface area contributed by atoms with Crippen molar-refractivity contribution in [3.8, 4) is 57.5 Å². The van der Waals surface area contributed by atoms with Crippen LogP contribution in [0.15, 0.2) is 121 Å². The lowest BCUT2D eigenvalue weighted by Gasteiger charge is -2.16. The molecule has 0 spiro atoms. The number of nitro groups is 4. The molecular formula is C90H60Cl6F16N4O34. The number of hydrogen-bond acceptors (Lipinski definition) is 34. The third-order valence-corrected chi connectivity index (χ3v) is 20.4. The number of esters is 11. The van der Waals surface area contributed by atoms with Crippen LogP contribution in [0.4, 0.5) is 93.0 Å². The molecule has 0 heterocycles. The van der Waals surface area contributed by atoms with Crippen LogP contribution < -0.4 is 47.4 Å². The van der Waals surface area contributed by atoms with Gasteiger partial charge in [0.05, 0.1) is 80.8 Å². The molecule has 0 amide bonds. The molecule has 798 valence electrons. The van der Waals surface area contributed by atoms with Crippen LogP contribution in [-0.2, 0) is 88.0 Å². The molecule has 0 radical (unpaired) electrons. The number of aldehydes is 1. The van der Waals surface area contributed by atoms with E-state index in [-0.39, 0.29) is 112 Å². The van der Waals surface area contributed by atoms with E-state index in [1.54, 1.807) is 19.9 Å². The monoisotopic (exact) mass is 2250 g/mol. The van der Waals surface area contributed by atoms with Crippen LogP contribution in [0, 0.1) is 126 Å². The largest absolute Gasteiger partial charge is 0.462 e. The molecule has 0 saturated carbocycles. The molecule has 0 aliphatic rings. The lowest BCUT2D eigenvalue weighted by atomic mass is 10.1. The highest BCUT2D eigenvalue weighted by Crippen LogP contribution is 2.45. The number of carbonyl (C=O) groups is 12. The third-order valence-electron chi connectivity index (χ3n) is 18.2. The maximum atomic E-state index is 13.3. The van der Waals surface area contributed by atoms with Crippen molar-refractivity contribution >= 4 is 164 Å². The smallest absolute Gasteiger partial charge is 0.423 e. The molecule has 0 aliphatic carbocycles. The second kappa shape index (κ2) is 55.2. The minimum atomic E-state index is -5.17. The zero-order valence-electron chi connectivity index (χ0n) is 75.7. The van der Waals surface area contributed by atoms with E-state index in [0.717, 1.165) is 93.1 Å². The Morgan fingerprint density at radius 2 is 0.740 bits per heavy atom. The third kappa shape index (κ3) is 33.6. The summed E-state index contributed by atoms with van der Waals surface area (Å²) in [5, 5.41) is 51.5. The number of non-ortho nitro benzene ring substituents is 2. The van der Waals surface area contributed by atoms with Gasteiger partial charge in [0, 0.05) is 53.6 Å². The number of carbonyl (C=O) groups excluding carboxylic acids is 12. The maximum Gasteiger partial charge on any atom is 0.423 e. The molecule has 1 N–H and O–H groups in total. The van der Waals surface area contributed by atoms with Gasteiger partial charge < -0.3 is 57.2 Å². The summed E-state index contributed by atoms with van der Waals surface area (Å²) in [4.78, 5) is 193. The number of nitro benzene ring substituents is 4. The van der Waals surface area contributed by atoms with Gasteiger partial charge in [-0.3, -0.25) is 45.3 Å². The summed E-state index contributed by atoms with van der Waals surface area (Å²) in [6.45, 7) is 9.40. The quantitative estimate of drug-likeness (QED) is 0.00407. The van der Waals surface area contributed by atoms with E-state index in [4.69, 9.17) is 113 Å². The molecule has 0 fully saturated rings. The molecule has 0 unspecified atom stereocenters. The van der Waals surface area contributed by atoms with Gasteiger partial charge in [-0.1, -0.05) is 133 Å². The number of ether oxygens (including phenoxy) is 11. The van der Waals surface area contributed by atoms with Gasteiger partial charge in [-0.25, -0.2) is 88.9 Å². The number of halogens is 22. The van der Waals surface area contributed by atoms with Gasteiger partial charge in [-0.05, 0) is 118 Å². The number of hydrogen-bond donors (Lipinski definition) is 1. The topological polar surface area (TPSA) is 518 Å². The SMILES string of the molecule is CCCCCOOCc1c(Cl)c(Cl)cc(Cl)c1OC(=O)C(=O)Oc1c(Cl)cc(Cl)c(Cl)c1C(=O)OCCCCC.Cc1ccc(OC(=O)C(=O)Oc2ccc([N+](=O)[O-])c(C(F)(F)F)c2)cc1C(F)(F)F.Cc1ccc(OC(=O)C(=O)Oc2ccc([N+](=O)[O-])cc2C)c([N+](=O)[O-])c1.Cc1ccc(OC(=O)C(=O)Oc2ccc([N+](=O)[O-])cc2CO)c(C=O)c1.O=C(Oc1c(F)c(F)c(F)c(F)c1F)C(=O)Oc1c(F)c(F)c(F)c(F)c1F. The first kappa shape index (κ1) is 123. The molecule has 0 atom stereocenters. The molecule has 0 bridgehead atoms. The Labute approximate surface area is 856 Å². The predicted molar refractivity (Wildman–Crippen MR) is 477 cm³/mol. The number of aliphatic hydroxyl groups is 1. The number of aryl methyl sites for hydroxylation is 4. The molecule has 10 aromatic carbocycles. The van der Waals surface area contributed by atoms with E-state index in [0.29, 0.717) is 43.1 Å². The van der Waals surface area contributed by atoms with Gasteiger partial charge in [-0.2, -0.15) is 43.9 Å². The molecule has 0 aliphatic heterocycles. The Kier molecular flexibility index (Phi) is 45.2. The molecule has 60 heteroatoms. The normalized spacial score (nSPS) is 10.8. The standard InChI is InChI=1S/C26H26Cl6O8.C17H9F6NO6.C17H13NO8.C16H12N2O8.C14F10O4/c1-3-5-7-9-36-24(33)19-21(32)16(28)12-18(30)23(19)40-26(35)25(34)39-22-14(13-38-37-10-8-6-4-2)20(31)15(27)11-17(22)29;1-8-2-3-9(6-11(8)16(18,19)20)29-14(25)15(26)30-10-4-5-13(24(27)28)12(7-10)17(21,22)23;1-10-2-4-14(11(6-10)8-19)25-16(21)17(22)26-15-5-3-13(18(23)24)7-12(15)9-20;1-9-3-5-14(12(7-9)18(23)24)26-16(20)15(19)25-13-6-4-11(17(21)22)8-10(13)2;15-1-3(17)7(21)11(8(22)4(1)18)27-13(25)14(26)28-12-9(23)5(19)2(16)6(20)10(12)24/h11-12H,3-10,13H2,1-2H3;2-7H,1H3;2-8,20H,9H2,1H3;3-8H,1-2H3;. The zero-order valence-corrected chi connectivity index (χ0v) is 80.3. The van der Waals surface area contributed by atoms with Crippen molar-refractivity contribution in [3.63, 3.8) is 0 Å². The average molecular weight is 2260 g/mol. The number of aliphatic hydroxyl groups excluding tert-OH is 1. The first-order chi connectivity index (χ1) is 70.2. The van der Waals surface area contributed by atoms with E-state index in [1.165, 1.54) is 49.4 Å². The van der Waals surface area contributed by atoms with Gasteiger partial charge in [-0.15, -0.1) is 0 Å². The first-order valence-electron chi connectivity index (χ1n) is 40.6. The number of alkyl halides is 6. The summed E-state index contributed by atoms with van der Waals surface area (Å²) in [6, 6.07) is 20.7. The van der Waals surface area contributed by atoms with Crippen LogP contribution in [0.3, 0.4) is 0 Å². The molecule has 0 aromatic heterocycles. The van der Waals surface area contributed by atoms with Crippen molar-refractivity contribution in [1.82, 2.24) is 0 Å². The van der Waals surface area contributed by atoms with Crippen LogP contribution in [0.2, 0.25) is 30.1 Å². The fraction of sp³-hybridized carbons (Fsp3) is 0.200. The van der Waals surface area contributed by atoms with E-state index >= 15 is 0 Å². The molecule has 38 nitrogen and oxygen atoms in total. The minimum Gasteiger partial charge on any atom is -0.462 e. The van der Waals surface area contributed by atoms with Gasteiger partial charge in [0.2, 0.25) is 75.4 Å². The van der Waals surface area contributed by atoms with Crippen molar-refractivity contribution in [3.05, 3.63) is 306 Å². The number of unbranched alkanes of at least 4 members (excludes halogenated alkanes) is 4. The highest BCUT2D eigenvalue weighted by atomic mass is 35.5. The Bertz CT molecular complexity index is 6850. The van der Waals surface area contributed by atoms with Crippen molar-refractivity contribution in [2.24, 2.45) is 0 Å². The molecule has 150 heavy (non-hydrogen) atoms. The summed E-state index contributed by atoms with van der Waals surface area (Å²) in [6.07, 6.45) is -4.45. The highest BCUT2D eigenvalue weighted by molar-refractivity contribution is 6.46. The molecule has 0 saturated heterocycles. The van der Waals surface area contributed by atoms with Crippen molar-refractivity contribution in [2.75, 3.05) is 13.2 Å². The number of rotatable bonds is 28. The lowest BCUT2D eigenvalue weighted by Crippen LogP contribution is -2.28. The van der Waals surface area contributed by atoms with Gasteiger partial charge in [0.15, 0.2) is 17.8 Å². The van der Waals surface area contributed by atoms with Crippen molar-refractivity contribution in [2.45, 2.75) is 106 Å². The van der Waals surface area contributed by atoms with Crippen molar-refractivity contribution < 1.29 is 214 Å². The zero-order chi connectivity index (χ0) is 113. The number of nitrogens with zero attached hydrogens (tertiary/aromatic N) is 4. The van der Waals surface area contributed by atoms with Crippen LogP contribution in [-0.4, -0.2) is 110 Å². The summed E-state index contributed by atoms with van der Waals surface area (Å²) in [7, 11) is 0. The minimum absolute atomic E-state index is 0.0414. The fourth-order valence-corrected chi connectivity index (χ4v) is 12.5. The first-order valence-corrected chi connectivity index (χ1v) is 42.9. The van der Waals surface area contributed by atoms with Crippen molar-refractivity contribution in [1.29, 1.82) is 0 Å². The second-order valence-corrected chi connectivity index (χ2v) is 31.2. The molecule has 10 rings (SSSR count). The average Bonchev–Trinajstić information content (AvgIpc) is 0.802. The summed E-state index contributed by atoms with van der Waals surface area (Å²) < 4.78 is 259. The van der Waals surface area contributed by atoms with E-state index in [1.807, 2.05) is 13.8 Å². The van der Waals surface area contributed by atoms with E-state index < -0.39 is 225 Å². The van der Waals surface area contributed by atoms with E-state index in [9.17, 15) is 173 Å². The van der Waals surface area contributed by atoms with Gasteiger partial charge in [0.1, 0.15) is 46.5 Å². The molecule has 10 aromatic rings. The summed E-state index contributed by atoms with van der Waals surface area (Å²) in [5.74, 6) is -52.8. The highest BCUT2D eigenvalue weighted by Gasteiger charge is 2.42. The Hall–Kier alpha value is -15.9. The lowest BCUT2D eigenvalue weighted by molar-refractivity contribution is -0.388. The van der Waals surface area contributed by atoms with Crippen LogP contribution in [0.1, 0.15) is 118 Å². The fourth-order valence-electron chi connectivity index (χ4n) is 11.0. The number of benzene rings is 10. The van der Waals surface area contributed by atoms with Crippen LogP contribution in [0.25, 0.3) is 0 Å². The second-order valence-electron chi connectivity index (χ2n) is 28.9. The summed E-state index contributed by atoms with van der Waals surface area (Å²) in [5.41, 5.74) is -4.15. The Morgan fingerprint density at radius 3 is 1.19 bits per heavy atom. The Morgan fingerprint density at radius 1 is 0.360 bits per heavy atom. The van der Waals surface area contributed by atoms with Crippen LogP contribution >= 0.6 is 69.6 Å². The molecular weight excluding hydrogens is 2200 g/mol. The van der Waals surface area contributed by atoms with E-state index in [2.05, 4.69) is 18.9 Å². The summed E-state index contributed by atoms with van der Waals surface area (Å²) >= 11 is 37.0. The Balaban J connectivity index is 0.000000289. The van der Waals surface area contributed by atoms with Gasteiger partial charge in [0.25, 0.3) is 17.1 Å². The predicted octanol–water partition coefficient (Wildman–Crippen LogP) is 21.5.